The Morgan fingerprint density at radius 3 is 2.31 bits per heavy atom. The van der Waals surface area contributed by atoms with Crippen molar-refractivity contribution in [1.82, 2.24) is 0 Å². The summed E-state index contributed by atoms with van der Waals surface area (Å²) < 4.78 is 58.6. The van der Waals surface area contributed by atoms with E-state index in [2.05, 4.69) is 10.6 Å². The zero-order chi connectivity index (χ0) is 21.2. The summed E-state index contributed by atoms with van der Waals surface area (Å²) in [5.41, 5.74) is -1.54. The highest BCUT2D eigenvalue weighted by atomic mass is 19.4. The molecule has 29 heavy (non-hydrogen) atoms. The van der Waals surface area contributed by atoms with Crippen LogP contribution in [0.4, 0.5) is 28.9 Å². The number of amides is 2. The molecule has 3 rings (SSSR count). The predicted octanol–water partition coefficient (Wildman–Crippen LogP) is 4.60. The van der Waals surface area contributed by atoms with E-state index in [1.165, 1.54) is 25.1 Å². The molecule has 2 amide bonds. The molecule has 5 nitrogen and oxygen atoms in total. The van der Waals surface area contributed by atoms with Crippen LogP contribution in [0.25, 0.3) is 0 Å². The van der Waals surface area contributed by atoms with Crippen molar-refractivity contribution in [1.29, 1.82) is 0 Å². The van der Waals surface area contributed by atoms with Gasteiger partial charge in [-0.3, -0.25) is 9.59 Å². The first-order chi connectivity index (χ1) is 13.6. The molecule has 0 saturated heterocycles. The van der Waals surface area contributed by atoms with Gasteiger partial charge in [0.05, 0.1) is 11.3 Å². The molecule has 1 aliphatic carbocycles. The van der Waals surface area contributed by atoms with E-state index in [9.17, 15) is 27.2 Å². The van der Waals surface area contributed by atoms with Crippen LogP contribution in [-0.4, -0.2) is 17.9 Å². The van der Waals surface area contributed by atoms with Gasteiger partial charge in [-0.25, -0.2) is 4.39 Å². The average molecular weight is 410 g/mol. The minimum absolute atomic E-state index is 0.00262. The third-order valence-corrected chi connectivity index (χ3v) is 4.29. The summed E-state index contributed by atoms with van der Waals surface area (Å²) in [6.45, 7) is 1.36. The zero-order valence-corrected chi connectivity index (χ0v) is 15.3. The van der Waals surface area contributed by atoms with Gasteiger partial charge < -0.3 is 15.4 Å². The van der Waals surface area contributed by atoms with Crippen LogP contribution in [0.3, 0.4) is 0 Å². The highest BCUT2D eigenvalue weighted by Crippen LogP contribution is 2.37. The van der Waals surface area contributed by atoms with Gasteiger partial charge in [0.1, 0.15) is 11.6 Å². The van der Waals surface area contributed by atoms with E-state index in [0.717, 1.165) is 37.1 Å². The Balaban J connectivity index is 1.73. The third-order valence-electron chi connectivity index (χ3n) is 4.29. The monoisotopic (exact) mass is 410 g/mol. The van der Waals surface area contributed by atoms with E-state index in [1.807, 2.05) is 0 Å². The average Bonchev–Trinajstić information content (AvgIpc) is 3.49. The molecule has 0 unspecified atom stereocenters. The van der Waals surface area contributed by atoms with Gasteiger partial charge in [0, 0.05) is 11.6 Å². The number of halogens is 4. The lowest BCUT2D eigenvalue weighted by molar-refractivity contribution is -0.137. The van der Waals surface area contributed by atoms with Crippen molar-refractivity contribution in [3.8, 4) is 5.75 Å². The van der Waals surface area contributed by atoms with Gasteiger partial charge in [0.2, 0.25) is 5.91 Å². The number of hydrogen-bond acceptors (Lipinski definition) is 3. The lowest BCUT2D eigenvalue weighted by Gasteiger charge is -2.18. The van der Waals surface area contributed by atoms with Crippen molar-refractivity contribution in [2.45, 2.75) is 32.0 Å². The predicted molar refractivity (Wildman–Crippen MR) is 97.9 cm³/mol. The summed E-state index contributed by atoms with van der Waals surface area (Å²) in [6, 6.07) is 8.02. The maximum Gasteiger partial charge on any atom is 0.418 e. The molecule has 1 aliphatic rings. The van der Waals surface area contributed by atoms with E-state index >= 15 is 0 Å². The Morgan fingerprint density at radius 2 is 1.72 bits per heavy atom. The molecule has 0 radical (unpaired) electrons. The molecule has 0 spiro atoms. The lowest BCUT2D eigenvalue weighted by Crippen LogP contribution is -2.31. The van der Waals surface area contributed by atoms with E-state index in [0.29, 0.717) is 0 Å². The van der Waals surface area contributed by atoms with Gasteiger partial charge in [-0.15, -0.1) is 0 Å². The highest BCUT2D eigenvalue weighted by molar-refractivity contribution is 5.97. The summed E-state index contributed by atoms with van der Waals surface area (Å²) in [6.07, 6.45) is -4.43. The molecule has 9 heteroatoms. The van der Waals surface area contributed by atoms with Crippen LogP contribution in [-0.2, 0) is 15.8 Å². The molecule has 2 N–H and O–H groups in total. The Morgan fingerprint density at radius 1 is 1.07 bits per heavy atom. The smallest absolute Gasteiger partial charge is 0.418 e. The Bertz CT molecular complexity index is 909. The Hall–Kier alpha value is -3.10. The zero-order valence-electron chi connectivity index (χ0n) is 15.3. The van der Waals surface area contributed by atoms with Gasteiger partial charge in [0.15, 0.2) is 6.10 Å². The molecule has 2 aromatic carbocycles. The number of nitrogens with one attached hydrogen (secondary N) is 2. The van der Waals surface area contributed by atoms with Crippen molar-refractivity contribution >= 4 is 23.2 Å². The second kappa shape index (κ2) is 8.10. The number of alkyl halides is 3. The quantitative estimate of drug-likeness (QED) is 0.684. The first kappa shape index (κ1) is 20.6. The van der Waals surface area contributed by atoms with Crippen LogP contribution >= 0.6 is 0 Å². The van der Waals surface area contributed by atoms with Crippen LogP contribution in [0.15, 0.2) is 42.5 Å². The van der Waals surface area contributed by atoms with Gasteiger partial charge in [-0.2, -0.15) is 13.2 Å². The number of anilines is 2. The number of hydrogen-bond donors (Lipinski definition) is 2. The molecule has 0 bridgehead atoms. The lowest BCUT2D eigenvalue weighted by atomic mass is 10.1. The summed E-state index contributed by atoms with van der Waals surface area (Å²) in [5, 5.41) is 4.64. The van der Waals surface area contributed by atoms with E-state index < -0.39 is 35.3 Å². The van der Waals surface area contributed by atoms with Crippen molar-refractivity contribution in [3.05, 3.63) is 53.8 Å². The molecule has 0 aromatic heterocycles. The SMILES string of the molecule is C[C@H](Oc1ccc(F)cc1)C(=O)Nc1ccc(NC(=O)C2CC2)cc1C(F)(F)F. The second-order valence-corrected chi connectivity index (χ2v) is 6.72. The third kappa shape index (κ3) is 5.46. The fourth-order valence-electron chi connectivity index (χ4n) is 2.56. The maximum absolute atomic E-state index is 13.4. The largest absolute Gasteiger partial charge is 0.481 e. The van der Waals surface area contributed by atoms with E-state index in [-0.39, 0.29) is 23.3 Å². The fourth-order valence-corrected chi connectivity index (χ4v) is 2.56. The number of rotatable bonds is 6. The number of benzene rings is 2. The molecule has 2 aromatic rings. The molecular formula is C20H18F4N2O3. The minimum atomic E-state index is -4.75. The molecule has 1 fully saturated rings. The first-order valence-electron chi connectivity index (χ1n) is 8.88. The second-order valence-electron chi connectivity index (χ2n) is 6.72. The fraction of sp³-hybridized carbons (Fsp3) is 0.300. The standard InChI is InChI=1S/C20H18F4N2O3/c1-11(29-15-7-4-13(21)5-8-15)18(27)26-17-9-6-14(10-16(17)20(22,23)24)25-19(28)12-2-3-12/h4-12H,2-3H2,1H3,(H,25,28)(H,26,27)/t11-/m0/s1. The van der Waals surface area contributed by atoms with Crippen LogP contribution in [0.5, 0.6) is 5.75 Å². The van der Waals surface area contributed by atoms with Crippen molar-refractivity contribution in [3.63, 3.8) is 0 Å². The number of ether oxygens (including phenoxy) is 1. The summed E-state index contributed by atoms with van der Waals surface area (Å²) in [7, 11) is 0. The van der Waals surface area contributed by atoms with Crippen LogP contribution in [0, 0.1) is 11.7 Å². The van der Waals surface area contributed by atoms with Gasteiger partial charge in [0.25, 0.3) is 5.91 Å². The van der Waals surface area contributed by atoms with Crippen LogP contribution in [0.2, 0.25) is 0 Å². The van der Waals surface area contributed by atoms with Gasteiger partial charge in [-0.05, 0) is 62.2 Å². The van der Waals surface area contributed by atoms with E-state index in [4.69, 9.17) is 4.74 Å². The first-order valence-corrected chi connectivity index (χ1v) is 8.88. The van der Waals surface area contributed by atoms with Crippen molar-refractivity contribution in [2.24, 2.45) is 5.92 Å². The van der Waals surface area contributed by atoms with Gasteiger partial charge >= 0.3 is 6.18 Å². The molecule has 0 aliphatic heterocycles. The highest BCUT2D eigenvalue weighted by Gasteiger charge is 2.35. The van der Waals surface area contributed by atoms with Crippen LogP contribution < -0.4 is 15.4 Å². The summed E-state index contributed by atoms with van der Waals surface area (Å²) in [5.74, 6) is -1.58. The normalized spacial score (nSPS) is 14.8. The van der Waals surface area contributed by atoms with Crippen molar-refractivity contribution < 1.29 is 31.9 Å². The number of carbonyl (C=O) groups is 2. The minimum Gasteiger partial charge on any atom is -0.481 e. The molecular weight excluding hydrogens is 392 g/mol. The van der Waals surface area contributed by atoms with Gasteiger partial charge in [-0.1, -0.05) is 0 Å². The molecule has 0 heterocycles. The van der Waals surface area contributed by atoms with E-state index in [1.54, 1.807) is 0 Å². The summed E-state index contributed by atoms with van der Waals surface area (Å²) >= 11 is 0. The molecule has 154 valence electrons. The molecule has 1 atom stereocenters. The van der Waals surface area contributed by atoms with Crippen LogP contribution in [0.1, 0.15) is 25.3 Å². The number of carbonyl (C=O) groups excluding carboxylic acids is 2. The summed E-state index contributed by atoms with van der Waals surface area (Å²) in [4.78, 5) is 24.1. The Labute approximate surface area is 164 Å². The topological polar surface area (TPSA) is 67.4 Å². The maximum atomic E-state index is 13.4. The Kier molecular flexibility index (Phi) is 5.76. The molecule has 1 saturated carbocycles. The van der Waals surface area contributed by atoms with Crippen molar-refractivity contribution in [2.75, 3.05) is 10.6 Å².